The first-order valence-electron chi connectivity index (χ1n) is 7.31. The van der Waals surface area contributed by atoms with Crippen molar-refractivity contribution in [3.63, 3.8) is 0 Å². The van der Waals surface area contributed by atoms with Gasteiger partial charge in [0.05, 0.1) is 31.5 Å². The quantitative estimate of drug-likeness (QED) is 0.788. The molecule has 2 bridgehead atoms. The van der Waals surface area contributed by atoms with E-state index in [1.807, 2.05) is 30.3 Å². The van der Waals surface area contributed by atoms with E-state index >= 15 is 0 Å². The fourth-order valence-electron chi connectivity index (χ4n) is 3.80. The van der Waals surface area contributed by atoms with E-state index in [-0.39, 0.29) is 24.6 Å². The standard InChI is InChI=1S/C16H20O4/c1-10-13-11(2)20-16(8-17-13)9-18-15(19-14(10)16)12-6-4-3-5-7-12/h3-7,10-11,13-15H,8-9H2,1-2H3. The average molecular weight is 276 g/mol. The summed E-state index contributed by atoms with van der Waals surface area (Å²) in [4.78, 5) is 0. The maximum Gasteiger partial charge on any atom is 0.184 e. The number of ether oxygens (including phenoxy) is 4. The minimum atomic E-state index is -0.432. The average Bonchev–Trinajstić information content (AvgIpc) is 2.48. The van der Waals surface area contributed by atoms with Gasteiger partial charge >= 0.3 is 0 Å². The molecule has 6 unspecified atom stereocenters. The molecule has 1 aromatic rings. The van der Waals surface area contributed by atoms with Gasteiger partial charge in [0.1, 0.15) is 5.60 Å². The highest BCUT2D eigenvalue weighted by atomic mass is 16.7. The van der Waals surface area contributed by atoms with Gasteiger partial charge in [0.2, 0.25) is 0 Å². The maximum absolute atomic E-state index is 6.23. The van der Waals surface area contributed by atoms with Crippen LogP contribution in [0.25, 0.3) is 0 Å². The molecule has 6 atom stereocenters. The molecule has 4 aliphatic heterocycles. The van der Waals surface area contributed by atoms with Gasteiger partial charge in [0, 0.05) is 11.5 Å². The molecule has 0 aromatic heterocycles. The zero-order chi connectivity index (χ0) is 13.7. The highest BCUT2D eigenvalue weighted by molar-refractivity contribution is 5.17. The SMILES string of the molecule is CC1OC23COC(c4ccccc4)OC2C(C)C1OC3. The summed E-state index contributed by atoms with van der Waals surface area (Å²) < 4.78 is 24.2. The summed E-state index contributed by atoms with van der Waals surface area (Å²) in [6.07, 6.45) is -0.0317. The van der Waals surface area contributed by atoms with Gasteiger partial charge in [0.25, 0.3) is 0 Å². The molecule has 0 aliphatic carbocycles. The Hall–Kier alpha value is -0.940. The Labute approximate surface area is 119 Å². The maximum atomic E-state index is 6.23. The number of rotatable bonds is 1. The van der Waals surface area contributed by atoms with Gasteiger partial charge in [-0.1, -0.05) is 37.3 Å². The first-order chi connectivity index (χ1) is 9.70. The Morgan fingerprint density at radius 2 is 1.80 bits per heavy atom. The van der Waals surface area contributed by atoms with Crippen LogP contribution in [0.2, 0.25) is 0 Å². The molecule has 20 heavy (non-hydrogen) atoms. The van der Waals surface area contributed by atoms with Crippen LogP contribution < -0.4 is 0 Å². The predicted molar refractivity (Wildman–Crippen MR) is 72.2 cm³/mol. The molecule has 0 radical (unpaired) electrons. The second-order valence-electron chi connectivity index (χ2n) is 6.13. The van der Waals surface area contributed by atoms with Gasteiger partial charge in [-0.3, -0.25) is 0 Å². The zero-order valence-corrected chi connectivity index (χ0v) is 11.8. The van der Waals surface area contributed by atoms with Crippen molar-refractivity contribution in [1.29, 1.82) is 0 Å². The lowest BCUT2D eigenvalue weighted by Crippen LogP contribution is -2.72. The summed E-state index contributed by atoms with van der Waals surface area (Å²) >= 11 is 0. The molecular weight excluding hydrogens is 256 g/mol. The third kappa shape index (κ3) is 1.76. The number of hydrogen-bond donors (Lipinski definition) is 0. The van der Waals surface area contributed by atoms with E-state index in [1.165, 1.54) is 0 Å². The Balaban J connectivity index is 1.61. The molecule has 108 valence electrons. The molecule has 1 spiro atoms. The van der Waals surface area contributed by atoms with Crippen LogP contribution in [-0.4, -0.2) is 37.1 Å². The first-order valence-corrected chi connectivity index (χ1v) is 7.31. The molecule has 0 saturated carbocycles. The Morgan fingerprint density at radius 1 is 1.05 bits per heavy atom. The number of benzene rings is 1. The van der Waals surface area contributed by atoms with Crippen molar-refractivity contribution >= 4 is 0 Å². The van der Waals surface area contributed by atoms with Gasteiger partial charge in [-0.15, -0.1) is 0 Å². The van der Waals surface area contributed by atoms with Crippen LogP contribution in [-0.2, 0) is 18.9 Å². The third-order valence-electron chi connectivity index (χ3n) is 4.74. The highest BCUT2D eigenvalue weighted by Crippen LogP contribution is 2.47. The highest BCUT2D eigenvalue weighted by Gasteiger charge is 2.60. The van der Waals surface area contributed by atoms with Crippen molar-refractivity contribution in [1.82, 2.24) is 0 Å². The van der Waals surface area contributed by atoms with Crippen molar-refractivity contribution in [2.24, 2.45) is 5.92 Å². The molecule has 4 fully saturated rings. The fraction of sp³-hybridized carbons (Fsp3) is 0.625. The van der Waals surface area contributed by atoms with Gasteiger partial charge in [0.15, 0.2) is 6.29 Å². The Bertz CT molecular complexity index is 491. The molecule has 4 saturated heterocycles. The minimum absolute atomic E-state index is 0.0383. The van der Waals surface area contributed by atoms with Crippen LogP contribution in [0.3, 0.4) is 0 Å². The van der Waals surface area contributed by atoms with Crippen molar-refractivity contribution in [3.8, 4) is 0 Å². The van der Waals surface area contributed by atoms with Crippen molar-refractivity contribution in [2.75, 3.05) is 13.2 Å². The first kappa shape index (κ1) is 12.8. The van der Waals surface area contributed by atoms with E-state index in [4.69, 9.17) is 18.9 Å². The lowest BCUT2D eigenvalue weighted by atomic mass is 9.77. The molecule has 5 rings (SSSR count). The van der Waals surface area contributed by atoms with E-state index in [0.717, 1.165) is 5.56 Å². The van der Waals surface area contributed by atoms with E-state index in [0.29, 0.717) is 19.1 Å². The molecule has 4 aliphatic rings. The monoisotopic (exact) mass is 276 g/mol. The molecule has 4 nitrogen and oxygen atoms in total. The van der Waals surface area contributed by atoms with Gasteiger partial charge in [-0.2, -0.15) is 0 Å². The van der Waals surface area contributed by atoms with Crippen LogP contribution in [0.15, 0.2) is 30.3 Å². The van der Waals surface area contributed by atoms with Crippen molar-refractivity contribution in [2.45, 2.75) is 44.1 Å². The molecular formula is C16H20O4. The summed E-state index contributed by atoms with van der Waals surface area (Å²) in [6, 6.07) is 10.1. The third-order valence-corrected chi connectivity index (χ3v) is 4.74. The molecule has 1 aromatic carbocycles. The van der Waals surface area contributed by atoms with E-state index in [1.54, 1.807) is 0 Å². The van der Waals surface area contributed by atoms with Crippen molar-refractivity contribution in [3.05, 3.63) is 35.9 Å². The van der Waals surface area contributed by atoms with E-state index in [9.17, 15) is 0 Å². The van der Waals surface area contributed by atoms with Gasteiger partial charge in [-0.25, -0.2) is 0 Å². The molecule has 0 N–H and O–H groups in total. The summed E-state index contributed by atoms with van der Waals surface area (Å²) in [5.41, 5.74) is 0.628. The summed E-state index contributed by atoms with van der Waals surface area (Å²) in [5, 5.41) is 0. The van der Waals surface area contributed by atoms with Crippen LogP contribution >= 0.6 is 0 Å². The number of hydrogen-bond acceptors (Lipinski definition) is 4. The largest absolute Gasteiger partial charge is 0.372 e. The van der Waals surface area contributed by atoms with Crippen molar-refractivity contribution < 1.29 is 18.9 Å². The second kappa shape index (κ2) is 4.53. The summed E-state index contributed by atoms with van der Waals surface area (Å²) in [5.74, 6) is 0.322. The van der Waals surface area contributed by atoms with E-state index in [2.05, 4.69) is 13.8 Å². The summed E-state index contributed by atoms with van der Waals surface area (Å²) in [7, 11) is 0. The topological polar surface area (TPSA) is 36.9 Å². The molecule has 0 amide bonds. The zero-order valence-electron chi connectivity index (χ0n) is 11.8. The molecule has 4 heteroatoms. The lowest BCUT2D eigenvalue weighted by molar-refractivity contribution is -0.400. The Kier molecular flexibility index (Phi) is 2.89. The minimum Gasteiger partial charge on any atom is -0.372 e. The van der Waals surface area contributed by atoms with E-state index < -0.39 is 5.60 Å². The van der Waals surface area contributed by atoms with Crippen LogP contribution in [0.1, 0.15) is 25.7 Å². The van der Waals surface area contributed by atoms with Gasteiger partial charge < -0.3 is 18.9 Å². The Morgan fingerprint density at radius 3 is 2.55 bits per heavy atom. The second-order valence-corrected chi connectivity index (χ2v) is 6.13. The summed E-state index contributed by atoms with van der Waals surface area (Å²) in [6.45, 7) is 5.36. The normalized spacial score (nSPS) is 47.0. The smallest absolute Gasteiger partial charge is 0.184 e. The van der Waals surface area contributed by atoms with Crippen LogP contribution in [0.5, 0.6) is 0 Å². The number of fused-ring (bicyclic) bond motifs is 2. The van der Waals surface area contributed by atoms with Gasteiger partial charge in [-0.05, 0) is 6.92 Å². The lowest BCUT2D eigenvalue weighted by Gasteiger charge is -2.59. The predicted octanol–water partition coefficient (Wildman–Crippen LogP) is 2.29. The van der Waals surface area contributed by atoms with Crippen LogP contribution in [0.4, 0.5) is 0 Å². The van der Waals surface area contributed by atoms with Crippen LogP contribution in [0, 0.1) is 5.92 Å². The fourth-order valence-corrected chi connectivity index (χ4v) is 3.80. The molecule has 4 heterocycles.